The first-order valence-corrected chi connectivity index (χ1v) is 11.3. The molecule has 1 unspecified atom stereocenters. The Bertz CT molecular complexity index is 933. The first kappa shape index (κ1) is 21.8. The number of hydrogen-bond donors (Lipinski definition) is 2. The molecule has 31 heavy (non-hydrogen) atoms. The monoisotopic (exact) mass is 430 g/mol. The van der Waals surface area contributed by atoms with Crippen molar-refractivity contribution in [3.63, 3.8) is 0 Å². The van der Waals surface area contributed by atoms with Crippen LogP contribution in [-0.4, -0.2) is 71.5 Å². The second kappa shape index (κ2) is 9.40. The molecule has 2 amide bonds. The number of ether oxygens (including phenoxy) is 2. The number of nitrogens with one attached hydrogen (secondary N) is 1. The number of imidazole rings is 1. The van der Waals surface area contributed by atoms with Gasteiger partial charge in [0.15, 0.2) is 5.82 Å². The smallest absolute Gasteiger partial charge is 0.317 e. The van der Waals surface area contributed by atoms with Crippen LogP contribution < -0.4 is 11.1 Å². The van der Waals surface area contributed by atoms with Crippen molar-refractivity contribution in [3.8, 4) is 0 Å². The summed E-state index contributed by atoms with van der Waals surface area (Å²) >= 11 is 0. The second-order valence-corrected chi connectivity index (χ2v) is 8.60. The minimum atomic E-state index is -0.0536. The number of morpholine rings is 1. The summed E-state index contributed by atoms with van der Waals surface area (Å²) in [6.07, 6.45) is 2.52. The van der Waals surface area contributed by atoms with E-state index in [2.05, 4.69) is 28.7 Å². The number of urea groups is 1. The minimum Gasteiger partial charge on any atom is -0.382 e. The second-order valence-electron chi connectivity index (χ2n) is 8.60. The average Bonchev–Trinajstić information content (AvgIpc) is 3.55. The van der Waals surface area contributed by atoms with Gasteiger partial charge >= 0.3 is 6.03 Å². The zero-order chi connectivity index (χ0) is 22.0. The molecular formula is C22H34N6O3. The van der Waals surface area contributed by atoms with Gasteiger partial charge in [0.25, 0.3) is 0 Å². The summed E-state index contributed by atoms with van der Waals surface area (Å²) in [6.45, 7) is 11.0. The van der Waals surface area contributed by atoms with Crippen molar-refractivity contribution in [1.82, 2.24) is 24.8 Å². The molecule has 9 nitrogen and oxygen atoms in total. The van der Waals surface area contributed by atoms with E-state index in [4.69, 9.17) is 20.2 Å². The minimum absolute atomic E-state index is 0.0536. The van der Waals surface area contributed by atoms with Gasteiger partial charge in [0.2, 0.25) is 0 Å². The topological polar surface area (TPSA) is 108 Å². The van der Waals surface area contributed by atoms with Crippen molar-refractivity contribution < 1.29 is 14.3 Å². The molecule has 2 aliphatic rings. The zero-order valence-electron chi connectivity index (χ0n) is 18.8. The molecule has 0 radical (unpaired) electrons. The summed E-state index contributed by atoms with van der Waals surface area (Å²) < 4.78 is 13.4. The van der Waals surface area contributed by atoms with Crippen molar-refractivity contribution in [2.75, 3.05) is 51.8 Å². The van der Waals surface area contributed by atoms with Crippen LogP contribution in [0.5, 0.6) is 0 Å². The Morgan fingerprint density at radius 1 is 1.26 bits per heavy atom. The molecule has 9 heteroatoms. The molecule has 1 aliphatic carbocycles. The molecule has 3 N–H and O–H groups in total. The highest BCUT2D eigenvalue weighted by Gasteiger charge is 2.33. The Morgan fingerprint density at radius 2 is 2.00 bits per heavy atom. The van der Waals surface area contributed by atoms with Gasteiger partial charge in [-0.05, 0) is 38.2 Å². The largest absolute Gasteiger partial charge is 0.382 e. The van der Waals surface area contributed by atoms with E-state index >= 15 is 0 Å². The Labute approximate surface area is 183 Å². The quantitative estimate of drug-likeness (QED) is 0.622. The van der Waals surface area contributed by atoms with Gasteiger partial charge in [-0.25, -0.2) is 14.8 Å². The number of fused-ring (bicyclic) bond motifs is 1. The van der Waals surface area contributed by atoms with Gasteiger partial charge < -0.3 is 30.0 Å². The molecule has 1 saturated carbocycles. The van der Waals surface area contributed by atoms with Crippen LogP contribution in [0.3, 0.4) is 0 Å². The maximum atomic E-state index is 12.1. The molecular weight excluding hydrogens is 396 g/mol. The molecule has 1 atom stereocenters. The SMILES string of the molecule is Cc1nc(N)c2nc(C(C)C3CC3)n(CCOCCNC(=O)N3CCOCC3)c2c1C. The van der Waals surface area contributed by atoms with E-state index < -0.39 is 0 Å². The zero-order valence-corrected chi connectivity index (χ0v) is 18.8. The Kier molecular flexibility index (Phi) is 6.62. The van der Waals surface area contributed by atoms with Crippen LogP contribution in [0.25, 0.3) is 11.0 Å². The van der Waals surface area contributed by atoms with Crippen LogP contribution in [0, 0.1) is 19.8 Å². The highest BCUT2D eigenvalue weighted by molar-refractivity contribution is 5.88. The van der Waals surface area contributed by atoms with Crippen LogP contribution in [0.1, 0.15) is 42.8 Å². The Morgan fingerprint density at radius 3 is 2.71 bits per heavy atom. The maximum Gasteiger partial charge on any atom is 0.317 e. The lowest BCUT2D eigenvalue weighted by Crippen LogP contribution is -2.46. The number of nitrogen functional groups attached to an aromatic ring is 1. The average molecular weight is 431 g/mol. The molecule has 2 aromatic heterocycles. The Hall–Kier alpha value is -2.39. The molecule has 4 rings (SSSR count). The number of aromatic nitrogens is 3. The number of nitrogens with zero attached hydrogens (tertiary/aromatic N) is 4. The molecule has 1 aliphatic heterocycles. The summed E-state index contributed by atoms with van der Waals surface area (Å²) in [6, 6.07) is -0.0536. The number of pyridine rings is 1. The fourth-order valence-corrected chi connectivity index (χ4v) is 4.26. The third-order valence-electron chi connectivity index (χ3n) is 6.44. The number of anilines is 1. The maximum absolute atomic E-state index is 12.1. The number of aryl methyl sites for hydroxylation is 2. The van der Waals surface area contributed by atoms with E-state index in [1.165, 1.54) is 12.8 Å². The molecule has 3 heterocycles. The number of rotatable bonds is 8. The first-order valence-electron chi connectivity index (χ1n) is 11.3. The molecule has 2 aromatic rings. The van der Waals surface area contributed by atoms with Gasteiger partial charge in [0, 0.05) is 37.8 Å². The van der Waals surface area contributed by atoms with Crippen LogP contribution in [-0.2, 0) is 16.0 Å². The van der Waals surface area contributed by atoms with Crippen LogP contribution in [0.15, 0.2) is 0 Å². The lowest BCUT2D eigenvalue weighted by atomic mass is 10.1. The van der Waals surface area contributed by atoms with E-state index in [1.54, 1.807) is 4.90 Å². The van der Waals surface area contributed by atoms with Gasteiger partial charge in [0.05, 0.1) is 31.9 Å². The van der Waals surface area contributed by atoms with Gasteiger partial charge in [-0.2, -0.15) is 0 Å². The van der Waals surface area contributed by atoms with Crippen LogP contribution >= 0.6 is 0 Å². The number of hydrogen-bond acceptors (Lipinski definition) is 6. The van der Waals surface area contributed by atoms with Crippen molar-refractivity contribution in [2.24, 2.45) is 5.92 Å². The summed E-state index contributed by atoms with van der Waals surface area (Å²) in [7, 11) is 0. The van der Waals surface area contributed by atoms with Gasteiger partial charge in [-0.15, -0.1) is 0 Å². The number of carbonyl (C=O) groups is 1. The summed E-state index contributed by atoms with van der Waals surface area (Å²) in [5, 5.41) is 2.92. The van der Waals surface area contributed by atoms with E-state index in [1.807, 2.05) is 6.92 Å². The number of nitrogens with two attached hydrogens (primary N) is 1. The predicted octanol–water partition coefficient (Wildman–Crippen LogP) is 2.20. The molecule has 0 spiro atoms. The van der Waals surface area contributed by atoms with Gasteiger partial charge in [-0.1, -0.05) is 6.92 Å². The summed E-state index contributed by atoms with van der Waals surface area (Å²) in [5.41, 5.74) is 10.1. The van der Waals surface area contributed by atoms with E-state index in [0.29, 0.717) is 70.3 Å². The standard InChI is InChI=1S/C22H34N6O3/c1-14-16(3)25-20(23)18-19(14)28(21(26-18)15(2)17-4-5-17)9-13-30-10-6-24-22(29)27-7-11-31-12-8-27/h15,17H,4-13H2,1-3H3,(H2,23,25)(H,24,29). The lowest BCUT2D eigenvalue weighted by Gasteiger charge is -2.26. The van der Waals surface area contributed by atoms with Gasteiger partial charge in [-0.3, -0.25) is 0 Å². The van der Waals surface area contributed by atoms with Crippen molar-refractivity contribution >= 4 is 22.9 Å². The fourth-order valence-electron chi connectivity index (χ4n) is 4.26. The normalized spacial score (nSPS) is 17.8. The van der Waals surface area contributed by atoms with Gasteiger partial charge in [0.1, 0.15) is 11.3 Å². The van der Waals surface area contributed by atoms with E-state index in [0.717, 1.165) is 28.1 Å². The number of carbonyl (C=O) groups excluding carboxylic acids is 1. The predicted molar refractivity (Wildman–Crippen MR) is 119 cm³/mol. The number of amides is 2. The van der Waals surface area contributed by atoms with Crippen molar-refractivity contribution in [2.45, 2.75) is 46.1 Å². The molecule has 0 bridgehead atoms. The highest BCUT2D eigenvalue weighted by atomic mass is 16.5. The van der Waals surface area contributed by atoms with Crippen LogP contribution in [0.2, 0.25) is 0 Å². The van der Waals surface area contributed by atoms with E-state index in [-0.39, 0.29) is 6.03 Å². The first-order chi connectivity index (χ1) is 15.0. The van der Waals surface area contributed by atoms with E-state index in [9.17, 15) is 4.79 Å². The molecule has 170 valence electrons. The third kappa shape index (κ3) is 4.77. The van der Waals surface area contributed by atoms with Crippen molar-refractivity contribution in [3.05, 3.63) is 17.1 Å². The highest BCUT2D eigenvalue weighted by Crippen LogP contribution is 2.43. The molecule has 2 fully saturated rings. The lowest BCUT2D eigenvalue weighted by molar-refractivity contribution is 0.0523. The molecule has 0 aromatic carbocycles. The summed E-state index contributed by atoms with van der Waals surface area (Å²) in [4.78, 5) is 23.3. The van der Waals surface area contributed by atoms with Crippen LogP contribution in [0.4, 0.5) is 10.6 Å². The van der Waals surface area contributed by atoms with Crippen molar-refractivity contribution in [1.29, 1.82) is 0 Å². The fraction of sp³-hybridized carbons (Fsp3) is 0.682. The third-order valence-corrected chi connectivity index (χ3v) is 6.44. The molecule has 1 saturated heterocycles. The Balaban J connectivity index is 1.37. The summed E-state index contributed by atoms with van der Waals surface area (Å²) in [5.74, 6) is 2.65.